The average molecular weight is 394 g/mol. The van der Waals surface area contributed by atoms with Crippen LogP contribution in [0.3, 0.4) is 0 Å². The van der Waals surface area contributed by atoms with Crippen molar-refractivity contribution in [2.75, 3.05) is 26.7 Å². The predicted octanol–water partition coefficient (Wildman–Crippen LogP) is 3.89. The summed E-state index contributed by atoms with van der Waals surface area (Å²) in [6.45, 7) is 4.30. The van der Waals surface area contributed by atoms with E-state index in [0.29, 0.717) is 6.54 Å². The molecule has 2 N–H and O–H groups in total. The maximum absolute atomic E-state index is 13.3. The van der Waals surface area contributed by atoms with Gasteiger partial charge in [-0.15, -0.1) is 0 Å². The number of halogens is 1. The summed E-state index contributed by atoms with van der Waals surface area (Å²) in [7, 11) is 1.81. The summed E-state index contributed by atoms with van der Waals surface area (Å²) >= 11 is 0. The summed E-state index contributed by atoms with van der Waals surface area (Å²) in [6.07, 6.45) is 2.94. The Balaban J connectivity index is 1.39. The Hall–Kier alpha value is -2.86. The van der Waals surface area contributed by atoms with Crippen molar-refractivity contribution < 1.29 is 9.13 Å². The Labute approximate surface area is 170 Å². The predicted molar refractivity (Wildman–Crippen MR) is 115 cm³/mol. The smallest absolute Gasteiger partial charge is 0.193 e. The molecule has 6 heteroatoms. The number of aromatic amines is 1. The minimum absolute atomic E-state index is 0.0611. The summed E-state index contributed by atoms with van der Waals surface area (Å²) in [6, 6.07) is 14.9. The molecule has 0 saturated carbocycles. The molecule has 5 nitrogen and oxygen atoms in total. The normalized spacial score (nSPS) is 20.2. The first-order valence-electron chi connectivity index (χ1n) is 10.1. The van der Waals surface area contributed by atoms with Gasteiger partial charge in [0, 0.05) is 37.2 Å². The molecular formula is C23H27FN4O. The fourth-order valence-electron chi connectivity index (χ4n) is 3.97. The zero-order valence-corrected chi connectivity index (χ0v) is 16.9. The second-order valence-electron chi connectivity index (χ2n) is 7.48. The van der Waals surface area contributed by atoms with Crippen LogP contribution in [0.1, 0.15) is 24.2 Å². The van der Waals surface area contributed by atoms with Crippen molar-refractivity contribution in [3.63, 3.8) is 0 Å². The monoisotopic (exact) mass is 394 g/mol. The van der Waals surface area contributed by atoms with E-state index >= 15 is 0 Å². The number of fused-ring (bicyclic) bond motifs is 1. The highest BCUT2D eigenvalue weighted by atomic mass is 19.1. The van der Waals surface area contributed by atoms with Crippen molar-refractivity contribution in [2.45, 2.75) is 25.6 Å². The second kappa shape index (κ2) is 8.66. The number of nitrogens with zero attached hydrogens (tertiary/aromatic N) is 2. The molecule has 152 valence electrons. The molecule has 2 atom stereocenters. The molecule has 2 heterocycles. The van der Waals surface area contributed by atoms with Gasteiger partial charge in [0.1, 0.15) is 11.9 Å². The summed E-state index contributed by atoms with van der Waals surface area (Å²) in [5, 5.41) is 4.75. The third kappa shape index (κ3) is 4.43. The van der Waals surface area contributed by atoms with Crippen molar-refractivity contribution in [3.05, 3.63) is 71.7 Å². The molecule has 1 aliphatic rings. The molecule has 1 saturated heterocycles. The number of guanidine groups is 1. The summed E-state index contributed by atoms with van der Waals surface area (Å²) < 4.78 is 19.4. The van der Waals surface area contributed by atoms with Gasteiger partial charge in [0.25, 0.3) is 0 Å². The molecule has 2 aromatic carbocycles. The molecular weight excluding hydrogens is 367 g/mol. The SMILES string of the molecule is CN=C(NCCc1c[nH]c2ccccc12)N1CC(C)OC(c2ccc(F)cc2)C1. The molecule has 3 aromatic rings. The number of rotatable bonds is 4. The van der Waals surface area contributed by atoms with E-state index in [-0.39, 0.29) is 18.0 Å². The van der Waals surface area contributed by atoms with Gasteiger partial charge in [0.2, 0.25) is 0 Å². The minimum atomic E-state index is -0.232. The van der Waals surface area contributed by atoms with E-state index in [9.17, 15) is 4.39 Å². The third-order valence-electron chi connectivity index (χ3n) is 5.37. The van der Waals surface area contributed by atoms with Crippen LogP contribution in [0.15, 0.2) is 59.7 Å². The standard InChI is InChI=1S/C23H27FN4O/c1-16-14-28(15-22(29-16)17-7-9-19(24)10-8-17)23(25-2)26-12-11-18-13-27-21-6-4-3-5-20(18)21/h3-10,13,16,22,27H,11-12,14-15H2,1-2H3,(H,25,26). The second-order valence-corrected chi connectivity index (χ2v) is 7.48. The molecule has 1 fully saturated rings. The molecule has 1 aliphatic heterocycles. The summed E-state index contributed by atoms with van der Waals surface area (Å²) in [4.78, 5) is 10.0. The lowest BCUT2D eigenvalue weighted by Crippen LogP contribution is -2.51. The van der Waals surface area contributed by atoms with E-state index in [0.717, 1.165) is 36.6 Å². The molecule has 0 aliphatic carbocycles. The number of morpholine rings is 1. The molecule has 4 rings (SSSR count). The topological polar surface area (TPSA) is 52.7 Å². The van der Waals surface area contributed by atoms with Gasteiger partial charge in [-0.1, -0.05) is 30.3 Å². The Kier molecular flexibility index (Phi) is 5.81. The zero-order valence-electron chi connectivity index (χ0n) is 16.9. The van der Waals surface area contributed by atoms with Gasteiger partial charge in [-0.25, -0.2) is 4.39 Å². The quantitative estimate of drug-likeness (QED) is 0.521. The van der Waals surface area contributed by atoms with E-state index < -0.39 is 0 Å². The van der Waals surface area contributed by atoms with Crippen LogP contribution in [-0.2, 0) is 11.2 Å². The van der Waals surface area contributed by atoms with Gasteiger partial charge < -0.3 is 19.9 Å². The number of hydrogen-bond donors (Lipinski definition) is 2. The van der Waals surface area contributed by atoms with Gasteiger partial charge >= 0.3 is 0 Å². The van der Waals surface area contributed by atoms with E-state index in [2.05, 4.69) is 51.5 Å². The molecule has 0 spiro atoms. The zero-order chi connectivity index (χ0) is 20.2. The number of nitrogens with one attached hydrogen (secondary N) is 2. The largest absolute Gasteiger partial charge is 0.367 e. The number of hydrogen-bond acceptors (Lipinski definition) is 2. The van der Waals surface area contributed by atoms with Crippen molar-refractivity contribution in [1.29, 1.82) is 0 Å². The van der Waals surface area contributed by atoms with E-state index in [4.69, 9.17) is 4.74 Å². The summed E-state index contributed by atoms with van der Waals surface area (Å²) in [5.41, 5.74) is 3.44. The van der Waals surface area contributed by atoms with Crippen molar-refractivity contribution in [1.82, 2.24) is 15.2 Å². The number of benzene rings is 2. The highest BCUT2D eigenvalue weighted by molar-refractivity contribution is 5.83. The van der Waals surface area contributed by atoms with Crippen LogP contribution < -0.4 is 5.32 Å². The van der Waals surface area contributed by atoms with E-state index in [1.807, 2.05) is 6.07 Å². The average Bonchev–Trinajstić information content (AvgIpc) is 3.14. The van der Waals surface area contributed by atoms with Crippen LogP contribution >= 0.6 is 0 Å². The lowest BCUT2D eigenvalue weighted by molar-refractivity contribution is -0.0604. The Bertz CT molecular complexity index is 982. The minimum Gasteiger partial charge on any atom is -0.367 e. The maximum atomic E-state index is 13.3. The van der Waals surface area contributed by atoms with Crippen LogP contribution in [0.5, 0.6) is 0 Å². The first-order valence-corrected chi connectivity index (χ1v) is 10.1. The fraction of sp³-hybridized carbons (Fsp3) is 0.348. The van der Waals surface area contributed by atoms with E-state index in [1.54, 1.807) is 19.2 Å². The van der Waals surface area contributed by atoms with E-state index in [1.165, 1.54) is 23.1 Å². The maximum Gasteiger partial charge on any atom is 0.193 e. The van der Waals surface area contributed by atoms with Crippen molar-refractivity contribution in [3.8, 4) is 0 Å². The van der Waals surface area contributed by atoms with Crippen LogP contribution in [0.4, 0.5) is 4.39 Å². The first-order chi connectivity index (χ1) is 14.1. The Morgan fingerprint density at radius 1 is 1.21 bits per heavy atom. The molecule has 29 heavy (non-hydrogen) atoms. The lowest BCUT2D eigenvalue weighted by Gasteiger charge is -2.38. The van der Waals surface area contributed by atoms with Crippen LogP contribution in [0, 0.1) is 5.82 Å². The number of H-pyrrole nitrogens is 1. The number of para-hydroxylation sites is 1. The third-order valence-corrected chi connectivity index (χ3v) is 5.37. The molecule has 0 bridgehead atoms. The summed E-state index contributed by atoms with van der Waals surface area (Å²) in [5.74, 6) is 0.635. The van der Waals surface area contributed by atoms with Gasteiger partial charge in [0.15, 0.2) is 5.96 Å². The van der Waals surface area contributed by atoms with Gasteiger partial charge in [-0.2, -0.15) is 0 Å². The number of aromatic nitrogens is 1. The number of ether oxygens (including phenoxy) is 1. The lowest BCUT2D eigenvalue weighted by atomic mass is 10.1. The highest BCUT2D eigenvalue weighted by Crippen LogP contribution is 2.25. The molecule has 1 aromatic heterocycles. The highest BCUT2D eigenvalue weighted by Gasteiger charge is 2.28. The Morgan fingerprint density at radius 2 is 2.00 bits per heavy atom. The first kappa shape index (κ1) is 19.5. The van der Waals surface area contributed by atoms with Crippen molar-refractivity contribution in [2.24, 2.45) is 4.99 Å². The van der Waals surface area contributed by atoms with Gasteiger partial charge in [-0.3, -0.25) is 4.99 Å². The van der Waals surface area contributed by atoms with Gasteiger partial charge in [0.05, 0.1) is 12.6 Å². The van der Waals surface area contributed by atoms with Gasteiger partial charge in [-0.05, 0) is 42.7 Å². The van der Waals surface area contributed by atoms with Crippen LogP contribution in [0.25, 0.3) is 10.9 Å². The number of aliphatic imine (C=N–C) groups is 1. The fourth-order valence-corrected chi connectivity index (χ4v) is 3.97. The van der Waals surface area contributed by atoms with Crippen LogP contribution in [-0.4, -0.2) is 48.6 Å². The molecule has 0 amide bonds. The van der Waals surface area contributed by atoms with Crippen molar-refractivity contribution >= 4 is 16.9 Å². The van der Waals surface area contributed by atoms with Crippen LogP contribution in [0.2, 0.25) is 0 Å². The molecule has 0 radical (unpaired) electrons. The molecule has 2 unspecified atom stereocenters. The Morgan fingerprint density at radius 3 is 2.79 bits per heavy atom.